The third-order valence-corrected chi connectivity index (χ3v) is 4.10. The van der Waals surface area contributed by atoms with Crippen LogP contribution in [-0.2, 0) is 16.1 Å². The lowest BCUT2D eigenvalue weighted by Crippen LogP contribution is -2.34. The van der Waals surface area contributed by atoms with Crippen LogP contribution in [0.3, 0.4) is 0 Å². The summed E-state index contributed by atoms with van der Waals surface area (Å²) >= 11 is 0. The Morgan fingerprint density at radius 1 is 1.32 bits per heavy atom. The Kier molecular flexibility index (Phi) is 5.81. The second kappa shape index (κ2) is 7.82. The molecule has 2 rings (SSSR count). The van der Waals surface area contributed by atoms with Gasteiger partial charge in [-0.15, -0.1) is 0 Å². The number of benzene rings is 1. The summed E-state index contributed by atoms with van der Waals surface area (Å²) in [5, 5.41) is 2.89. The van der Waals surface area contributed by atoms with Crippen LogP contribution in [0, 0.1) is 5.92 Å². The maximum Gasteiger partial charge on any atom is 0.225 e. The number of methoxy groups -OCH3 is 1. The molecule has 1 saturated heterocycles. The Bertz CT molecular complexity index is 513. The Morgan fingerprint density at radius 2 is 2.05 bits per heavy atom. The van der Waals surface area contributed by atoms with Gasteiger partial charge in [-0.3, -0.25) is 9.59 Å². The van der Waals surface area contributed by atoms with Gasteiger partial charge >= 0.3 is 0 Å². The maximum absolute atomic E-state index is 12.2. The van der Waals surface area contributed by atoms with Crippen molar-refractivity contribution in [1.82, 2.24) is 10.2 Å². The van der Waals surface area contributed by atoms with E-state index >= 15 is 0 Å². The molecule has 1 aliphatic rings. The van der Waals surface area contributed by atoms with E-state index in [0.29, 0.717) is 6.54 Å². The molecule has 5 heteroatoms. The van der Waals surface area contributed by atoms with E-state index in [4.69, 9.17) is 4.74 Å². The molecule has 1 aliphatic heterocycles. The van der Waals surface area contributed by atoms with Crippen LogP contribution in [0.25, 0.3) is 0 Å². The summed E-state index contributed by atoms with van der Waals surface area (Å²) in [7, 11) is 3.44. The molecule has 0 aromatic heterocycles. The van der Waals surface area contributed by atoms with Crippen molar-refractivity contribution in [3.8, 4) is 5.75 Å². The van der Waals surface area contributed by atoms with Crippen molar-refractivity contribution < 1.29 is 14.3 Å². The molecule has 1 atom stereocenters. The van der Waals surface area contributed by atoms with Gasteiger partial charge in [-0.2, -0.15) is 0 Å². The minimum Gasteiger partial charge on any atom is -0.497 e. The Balaban J connectivity index is 1.82. The highest BCUT2D eigenvalue weighted by Crippen LogP contribution is 2.20. The molecule has 5 nitrogen and oxygen atoms in total. The fourth-order valence-corrected chi connectivity index (χ4v) is 2.71. The maximum atomic E-state index is 12.2. The quantitative estimate of drug-likeness (QED) is 0.904. The second-order valence-electron chi connectivity index (χ2n) is 5.78. The average Bonchev–Trinajstić information content (AvgIpc) is 2.69. The lowest BCUT2D eigenvalue weighted by atomic mass is 9.98. The largest absolute Gasteiger partial charge is 0.497 e. The number of ether oxygens (including phenoxy) is 1. The number of carbonyl (C=O) groups is 2. The lowest BCUT2D eigenvalue weighted by molar-refractivity contribution is -0.136. The number of carbonyl (C=O) groups excluding carboxylic acids is 2. The first-order valence-corrected chi connectivity index (χ1v) is 7.74. The van der Waals surface area contributed by atoms with Gasteiger partial charge in [0, 0.05) is 32.5 Å². The van der Waals surface area contributed by atoms with Crippen molar-refractivity contribution in [2.24, 2.45) is 5.92 Å². The molecule has 1 unspecified atom stereocenters. The molecule has 0 bridgehead atoms. The van der Waals surface area contributed by atoms with Crippen molar-refractivity contribution in [2.75, 3.05) is 20.7 Å². The normalized spacial score (nSPS) is 18.7. The lowest BCUT2D eigenvalue weighted by Gasteiger charge is -2.19. The van der Waals surface area contributed by atoms with E-state index in [2.05, 4.69) is 5.32 Å². The van der Waals surface area contributed by atoms with Gasteiger partial charge in [-0.1, -0.05) is 18.6 Å². The van der Waals surface area contributed by atoms with Gasteiger partial charge in [0.1, 0.15) is 5.75 Å². The van der Waals surface area contributed by atoms with E-state index in [0.717, 1.165) is 37.1 Å². The molecule has 0 spiro atoms. The van der Waals surface area contributed by atoms with Gasteiger partial charge in [0.05, 0.1) is 7.11 Å². The average molecular weight is 304 g/mol. The first-order valence-electron chi connectivity index (χ1n) is 7.74. The molecule has 1 N–H and O–H groups in total. The van der Waals surface area contributed by atoms with Gasteiger partial charge < -0.3 is 15.0 Å². The van der Waals surface area contributed by atoms with E-state index in [-0.39, 0.29) is 24.2 Å². The molecule has 1 aromatic rings. The molecule has 2 amide bonds. The number of likely N-dealkylation sites (tertiary alicyclic amines) is 1. The summed E-state index contributed by atoms with van der Waals surface area (Å²) in [4.78, 5) is 26.0. The Hall–Kier alpha value is -2.04. The predicted molar refractivity (Wildman–Crippen MR) is 84.4 cm³/mol. The van der Waals surface area contributed by atoms with Crippen LogP contribution in [-0.4, -0.2) is 37.4 Å². The number of nitrogens with zero attached hydrogens (tertiary/aromatic N) is 1. The fraction of sp³-hybridized carbons (Fsp3) is 0.529. The summed E-state index contributed by atoms with van der Waals surface area (Å²) in [6.07, 6.45) is 3.11. The zero-order chi connectivity index (χ0) is 15.9. The van der Waals surface area contributed by atoms with Crippen LogP contribution in [0.1, 0.15) is 31.2 Å². The van der Waals surface area contributed by atoms with Crippen molar-refractivity contribution in [3.05, 3.63) is 29.8 Å². The minimum atomic E-state index is -0.177. The monoisotopic (exact) mass is 304 g/mol. The van der Waals surface area contributed by atoms with E-state index in [1.165, 1.54) is 0 Å². The van der Waals surface area contributed by atoms with Crippen LogP contribution < -0.4 is 10.1 Å². The summed E-state index contributed by atoms with van der Waals surface area (Å²) in [6.45, 7) is 1.27. The molecule has 1 aromatic carbocycles. The number of hydrogen-bond acceptors (Lipinski definition) is 3. The molecule has 0 aliphatic carbocycles. The molecule has 1 heterocycles. The van der Waals surface area contributed by atoms with Crippen molar-refractivity contribution in [3.63, 3.8) is 0 Å². The molecular weight excluding hydrogens is 280 g/mol. The highest BCUT2D eigenvalue weighted by molar-refractivity contribution is 5.85. The molecule has 120 valence electrons. The summed E-state index contributed by atoms with van der Waals surface area (Å²) in [6, 6.07) is 7.57. The Labute approximate surface area is 131 Å². The standard InChI is InChI=1S/C17H24N2O3/c1-19-10-4-3-5-14(17(19)21)11-16(20)18-12-13-6-8-15(22-2)9-7-13/h6-9,14H,3-5,10-12H2,1-2H3,(H,18,20). The minimum absolute atomic E-state index is 0.0653. The molecule has 22 heavy (non-hydrogen) atoms. The predicted octanol–water partition coefficient (Wildman–Crippen LogP) is 1.96. The molecule has 0 radical (unpaired) electrons. The van der Waals surface area contributed by atoms with Crippen molar-refractivity contribution >= 4 is 11.8 Å². The third-order valence-electron chi connectivity index (χ3n) is 4.10. The zero-order valence-electron chi connectivity index (χ0n) is 13.3. The summed E-state index contributed by atoms with van der Waals surface area (Å²) in [5.41, 5.74) is 1.01. The van der Waals surface area contributed by atoms with Crippen molar-refractivity contribution in [2.45, 2.75) is 32.2 Å². The zero-order valence-corrected chi connectivity index (χ0v) is 13.3. The number of hydrogen-bond donors (Lipinski definition) is 1. The summed E-state index contributed by atoms with van der Waals surface area (Å²) in [5.74, 6) is 0.645. The van der Waals surface area contributed by atoms with Crippen molar-refractivity contribution in [1.29, 1.82) is 0 Å². The fourth-order valence-electron chi connectivity index (χ4n) is 2.71. The topological polar surface area (TPSA) is 58.6 Å². The van der Waals surface area contributed by atoms with Crippen LogP contribution in [0.4, 0.5) is 0 Å². The van der Waals surface area contributed by atoms with Gasteiger partial charge in [0.2, 0.25) is 11.8 Å². The van der Waals surface area contributed by atoms with Gasteiger partial charge in [-0.05, 0) is 30.5 Å². The first-order chi connectivity index (χ1) is 10.6. The highest BCUT2D eigenvalue weighted by Gasteiger charge is 2.26. The third kappa shape index (κ3) is 4.48. The van der Waals surface area contributed by atoms with Crippen LogP contribution in [0.5, 0.6) is 5.75 Å². The van der Waals surface area contributed by atoms with Crippen LogP contribution in [0.2, 0.25) is 0 Å². The van der Waals surface area contributed by atoms with E-state index in [1.807, 2.05) is 31.3 Å². The summed E-state index contributed by atoms with van der Waals surface area (Å²) < 4.78 is 5.10. The van der Waals surface area contributed by atoms with Gasteiger partial charge in [0.15, 0.2) is 0 Å². The number of amides is 2. The first kappa shape index (κ1) is 16.3. The SMILES string of the molecule is COc1ccc(CNC(=O)CC2CCCCN(C)C2=O)cc1. The van der Waals surface area contributed by atoms with Crippen LogP contribution >= 0.6 is 0 Å². The Morgan fingerprint density at radius 3 is 2.73 bits per heavy atom. The van der Waals surface area contributed by atoms with Gasteiger partial charge in [0.25, 0.3) is 0 Å². The smallest absolute Gasteiger partial charge is 0.225 e. The van der Waals surface area contributed by atoms with E-state index < -0.39 is 0 Å². The molecular formula is C17H24N2O3. The molecule has 1 fully saturated rings. The van der Waals surface area contributed by atoms with Gasteiger partial charge in [-0.25, -0.2) is 0 Å². The number of nitrogens with one attached hydrogen (secondary N) is 1. The van der Waals surface area contributed by atoms with E-state index in [1.54, 1.807) is 12.0 Å². The van der Waals surface area contributed by atoms with E-state index in [9.17, 15) is 9.59 Å². The highest BCUT2D eigenvalue weighted by atomic mass is 16.5. The molecule has 0 saturated carbocycles. The number of rotatable bonds is 5. The van der Waals surface area contributed by atoms with Crippen LogP contribution in [0.15, 0.2) is 24.3 Å². The second-order valence-corrected chi connectivity index (χ2v) is 5.78.